The van der Waals surface area contributed by atoms with Gasteiger partial charge in [0, 0.05) is 5.56 Å². The van der Waals surface area contributed by atoms with E-state index < -0.39 is 0 Å². The summed E-state index contributed by atoms with van der Waals surface area (Å²) in [7, 11) is 3.17. The molecule has 3 rings (SSSR count). The summed E-state index contributed by atoms with van der Waals surface area (Å²) in [5, 5.41) is 0. The van der Waals surface area contributed by atoms with Crippen LogP contribution in [0.4, 0.5) is 0 Å². The maximum Gasteiger partial charge on any atom is 0.266 e. The molecule has 0 saturated carbocycles. The third-order valence-electron chi connectivity index (χ3n) is 4.21. The number of carbonyl (C=O) groups excluding carboxylic acids is 1. The van der Waals surface area contributed by atoms with Crippen LogP contribution in [-0.4, -0.2) is 29.3 Å². The van der Waals surface area contributed by atoms with Crippen molar-refractivity contribution in [2.24, 2.45) is 0 Å². The van der Waals surface area contributed by atoms with Crippen LogP contribution in [0.25, 0.3) is 6.08 Å². The van der Waals surface area contributed by atoms with Crippen LogP contribution in [0.15, 0.2) is 53.4 Å². The Bertz CT molecular complexity index is 865. The molecular formula is C20H19NO3S2. The topological polar surface area (TPSA) is 38.8 Å². The summed E-state index contributed by atoms with van der Waals surface area (Å²) >= 11 is 6.77. The van der Waals surface area contributed by atoms with Gasteiger partial charge in [0.05, 0.1) is 25.2 Å². The van der Waals surface area contributed by atoms with Gasteiger partial charge in [-0.3, -0.25) is 9.69 Å². The van der Waals surface area contributed by atoms with Crippen LogP contribution in [0.1, 0.15) is 24.1 Å². The lowest BCUT2D eigenvalue weighted by atomic mass is 10.1. The summed E-state index contributed by atoms with van der Waals surface area (Å²) in [4.78, 5) is 15.2. The van der Waals surface area contributed by atoms with Crippen molar-refractivity contribution in [3.05, 3.63) is 64.6 Å². The first kappa shape index (κ1) is 18.5. The SMILES string of the molecule is COc1cccc(/C=C2\SC(=S)N([C@H](C)c3ccccc3)C2=O)c1OC. The fraction of sp³-hybridized carbons (Fsp3) is 0.200. The molecule has 6 heteroatoms. The first-order valence-corrected chi connectivity index (χ1v) is 9.32. The van der Waals surface area contributed by atoms with E-state index in [2.05, 4.69) is 0 Å². The van der Waals surface area contributed by atoms with E-state index >= 15 is 0 Å². The summed E-state index contributed by atoms with van der Waals surface area (Å²) < 4.78 is 11.3. The number of thiocarbonyl (C=S) groups is 1. The number of para-hydroxylation sites is 1. The van der Waals surface area contributed by atoms with Gasteiger partial charge < -0.3 is 9.47 Å². The predicted octanol–water partition coefficient (Wildman–Crippen LogP) is 4.67. The lowest BCUT2D eigenvalue weighted by molar-refractivity contribution is -0.123. The molecule has 2 aromatic rings. The fourth-order valence-electron chi connectivity index (χ4n) is 2.86. The van der Waals surface area contributed by atoms with E-state index in [-0.39, 0.29) is 11.9 Å². The van der Waals surface area contributed by atoms with E-state index in [0.29, 0.717) is 20.7 Å². The minimum atomic E-state index is -0.123. The molecule has 134 valence electrons. The Hall–Kier alpha value is -2.31. The van der Waals surface area contributed by atoms with Gasteiger partial charge in [-0.25, -0.2) is 0 Å². The molecule has 0 bridgehead atoms. The van der Waals surface area contributed by atoms with Crippen molar-refractivity contribution in [2.75, 3.05) is 14.2 Å². The van der Waals surface area contributed by atoms with Crippen LogP contribution >= 0.6 is 24.0 Å². The molecule has 1 aliphatic rings. The number of thioether (sulfide) groups is 1. The summed E-state index contributed by atoms with van der Waals surface area (Å²) in [6.07, 6.45) is 1.80. The lowest BCUT2D eigenvalue weighted by Crippen LogP contribution is -2.30. The molecule has 1 fully saturated rings. The van der Waals surface area contributed by atoms with Crippen molar-refractivity contribution in [3.8, 4) is 11.5 Å². The Morgan fingerprint density at radius 2 is 1.81 bits per heavy atom. The van der Waals surface area contributed by atoms with Gasteiger partial charge in [-0.1, -0.05) is 66.4 Å². The van der Waals surface area contributed by atoms with Gasteiger partial charge in [-0.2, -0.15) is 0 Å². The smallest absolute Gasteiger partial charge is 0.266 e. The number of carbonyl (C=O) groups is 1. The first-order chi connectivity index (χ1) is 12.6. The number of methoxy groups -OCH3 is 2. The number of ether oxygens (including phenoxy) is 2. The maximum absolute atomic E-state index is 13.0. The highest BCUT2D eigenvalue weighted by Crippen LogP contribution is 2.40. The molecule has 1 saturated heterocycles. The summed E-state index contributed by atoms with van der Waals surface area (Å²) in [6.45, 7) is 1.98. The fourth-order valence-corrected chi connectivity index (χ4v) is 4.27. The number of amides is 1. The first-order valence-electron chi connectivity index (χ1n) is 8.09. The van der Waals surface area contributed by atoms with Crippen molar-refractivity contribution >= 4 is 40.3 Å². The van der Waals surface area contributed by atoms with Crippen molar-refractivity contribution < 1.29 is 14.3 Å². The van der Waals surface area contributed by atoms with Crippen LogP contribution < -0.4 is 9.47 Å². The Morgan fingerprint density at radius 1 is 1.08 bits per heavy atom. The maximum atomic E-state index is 13.0. The van der Waals surface area contributed by atoms with Gasteiger partial charge in [0.25, 0.3) is 5.91 Å². The van der Waals surface area contributed by atoms with E-state index in [4.69, 9.17) is 21.7 Å². The molecule has 0 unspecified atom stereocenters. The van der Waals surface area contributed by atoms with Crippen molar-refractivity contribution in [1.29, 1.82) is 0 Å². The zero-order chi connectivity index (χ0) is 18.7. The highest BCUT2D eigenvalue weighted by Gasteiger charge is 2.36. The van der Waals surface area contributed by atoms with Gasteiger partial charge in [0.1, 0.15) is 4.32 Å². The molecule has 1 amide bonds. The van der Waals surface area contributed by atoms with Gasteiger partial charge in [-0.05, 0) is 24.6 Å². The minimum Gasteiger partial charge on any atom is -0.493 e. The summed E-state index contributed by atoms with van der Waals surface area (Å²) in [5.41, 5.74) is 1.82. The minimum absolute atomic E-state index is 0.0961. The second-order valence-corrected chi connectivity index (χ2v) is 7.40. The van der Waals surface area contributed by atoms with Gasteiger partial charge in [0.2, 0.25) is 0 Å². The van der Waals surface area contributed by atoms with Gasteiger partial charge >= 0.3 is 0 Å². The average molecular weight is 386 g/mol. The van der Waals surface area contributed by atoms with Crippen LogP contribution in [0.3, 0.4) is 0 Å². The zero-order valence-electron chi connectivity index (χ0n) is 14.8. The lowest BCUT2D eigenvalue weighted by Gasteiger charge is -2.23. The van der Waals surface area contributed by atoms with E-state index in [1.807, 2.05) is 55.5 Å². The molecule has 26 heavy (non-hydrogen) atoms. The third-order valence-corrected chi connectivity index (χ3v) is 5.54. The van der Waals surface area contributed by atoms with E-state index in [0.717, 1.165) is 11.1 Å². The van der Waals surface area contributed by atoms with E-state index in [1.165, 1.54) is 11.8 Å². The average Bonchev–Trinajstić information content (AvgIpc) is 2.94. The molecule has 4 nitrogen and oxygen atoms in total. The van der Waals surface area contributed by atoms with Crippen LogP contribution in [-0.2, 0) is 4.79 Å². The Balaban J connectivity index is 1.93. The van der Waals surface area contributed by atoms with E-state index in [1.54, 1.807) is 25.2 Å². The number of nitrogens with zero attached hydrogens (tertiary/aromatic N) is 1. The van der Waals surface area contributed by atoms with Crippen molar-refractivity contribution in [1.82, 2.24) is 4.90 Å². The Labute approximate surface area is 162 Å². The predicted molar refractivity (Wildman–Crippen MR) is 109 cm³/mol. The molecule has 0 radical (unpaired) electrons. The van der Waals surface area contributed by atoms with Crippen molar-refractivity contribution in [3.63, 3.8) is 0 Å². The van der Waals surface area contributed by atoms with Gasteiger partial charge in [0.15, 0.2) is 11.5 Å². The summed E-state index contributed by atoms with van der Waals surface area (Å²) in [5.74, 6) is 1.12. The standard InChI is InChI=1S/C20H19NO3S2/c1-13(14-8-5-4-6-9-14)21-19(22)17(26-20(21)25)12-15-10-7-11-16(23-2)18(15)24-3/h4-13H,1-3H3/b17-12-/t13-/m1/s1. The van der Waals surface area contributed by atoms with Crippen LogP contribution in [0.2, 0.25) is 0 Å². The number of rotatable bonds is 5. The molecule has 0 aliphatic carbocycles. The molecule has 0 aromatic heterocycles. The summed E-state index contributed by atoms with van der Waals surface area (Å²) in [6, 6.07) is 15.3. The van der Waals surface area contributed by atoms with Crippen LogP contribution in [0.5, 0.6) is 11.5 Å². The Morgan fingerprint density at radius 3 is 2.46 bits per heavy atom. The molecule has 1 aliphatic heterocycles. The van der Waals surface area contributed by atoms with E-state index in [9.17, 15) is 4.79 Å². The number of hydrogen-bond donors (Lipinski definition) is 0. The second-order valence-electron chi connectivity index (χ2n) is 5.72. The molecule has 0 N–H and O–H groups in total. The van der Waals surface area contributed by atoms with Crippen molar-refractivity contribution in [2.45, 2.75) is 13.0 Å². The Kier molecular flexibility index (Phi) is 5.64. The molecule has 0 spiro atoms. The normalized spacial score (nSPS) is 16.9. The molecule has 2 aromatic carbocycles. The molecule has 1 heterocycles. The molecule has 1 atom stereocenters. The zero-order valence-corrected chi connectivity index (χ0v) is 16.4. The third kappa shape index (κ3) is 3.48. The highest BCUT2D eigenvalue weighted by molar-refractivity contribution is 8.26. The number of hydrogen-bond acceptors (Lipinski definition) is 5. The molecular weight excluding hydrogens is 366 g/mol. The second kappa shape index (κ2) is 7.93. The van der Waals surface area contributed by atoms with Gasteiger partial charge in [-0.15, -0.1) is 0 Å². The quantitative estimate of drug-likeness (QED) is 0.553. The largest absolute Gasteiger partial charge is 0.493 e. The monoisotopic (exact) mass is 385 g/mol. The number of benzene rings is 2. The van der Waals surface area contributed by atoms with Crippen LogP contribution in [0, 0.1) is 0 Å². The highest BCUT2D eigenvalue weighted by atomic mass is 32.2.